The molecular formula is C13H14N2O6S. The maximum absolute atomic E-state index is 12.0. The Balaban J connectivity index is 2.30. The number of amides is 2. The molecule has 0 saturated carbocycles. The highest BCUT2D eigenvalue weighted by Crippen LogP contribution is 2.23. The number of nitrogens with one attached hydrogen (secondary N) is 1. The van der Waals surface area contributed by atoms with Crippen LogP contribution in [-0.4, -0.2) is 47.9 Å². The Morgan fingerprint density at radius 1 is 1.27 bits per heavy atom. The second kappa shape index (κ2) is 5.87. The maximum atomic E-state index is 12.0. The van der Waals surface area contributed by atoms with Crippen LogP contribution in [0.4, 0.5) is 5.69 Å². The molecule has 8 nitrogen and oxygen atoms in total. The molecule has 1 heterocycles. The van der Waals surface area contributed by atoms with Crippen molar-refractivity contribution in [2.75, 3.05) is 18.5 Å². The summed E-state index contributed by atoms with van der Waals surface area (Å²) in [7, 11) is -4.37. The van der Waals surface area contributed by atoms with Crippen LogP contribution in [0.25, 0.3) is 0 Å². The van der Waals surface area contributed by atoms with E-state index in [4.69, 9.17) is 9.66 Å². The number of anilines is 1. The highest BCUT2D eigenvalue weighted by atomic mass is 32.2. The molecule has 1 aliphatic heterocycles. The van der Waals surface area contributed by atoms with E-state index in [0.717, 1.165) is 17.0 Å². The van der Waals surface area contributed by atoms with Gasteiger partial charge in [0.25, 0.3) is 21.9 Å². The van der Waals surface area contributed by atoms with Crippen molar-refractivity contribution >= 4 is 27.6 Å². The molecular weight excluding hydrogens is 312 g/mol. The third-order valence-corrected chi connectivity index (χ3v) is 3.96. The molecule has 118 valence electrons. The molecule has 2 amide bonds. The Labute approximate surface area is 126 Å². The van der Waals surface area contributed by atoms with Gasteiger partial charge in [0.1, 0.15) is 5.70 Å². The number of aliphatic hydroxyl groups excluding tert-OH is 1. The van der Waals surface area contributed by atoms with Crippen LogP contribution in [0.15, 0.2) is 34.9 Å². The predicted molar refractivity (Wildman–Crippen MR) is 76.5 cm³/mol. The Hall–Kier alpha value is -2.23. The number of imide groups is 1. The summed E-state index contributed by atoms with van der Waals surface area (Å²) in [6, 6.07) is 3.85. The van der Waals surface area contributed by atoms with Gasteiger partial charge in [0, 0.05) is 11.8 Å². The molecule has 0 radical (unpaired) electrons. The Kier molecular flexibility index (Phi) is 4.31. The van der Waals surface area contributed by atoms with Crippen molar-refractivity contribution < 1.29 is 27.7 Å². The first-order valence-corrected chi connectivity index (χ1v) is 7.71. The number of β-amino-alcohol motifs (C(OH)–C–C–N with tert-alkyl or cyclic N) is 1. The van der Waals surface area contributed by atoms with Gasteiger partial charge in [-0.25, -0.2) is 0 Å². The van der Waals surface area contributed by atoms with Crippen LogP contribution in [0, 0.1) is 6.92 Å². The summed E-state index contributed by atoms with van der Waals surface area (Å²) in [5.41, 5.74) is 0.858. The van der Waals surface area contributed by atoms with Crippen LogP contribution in [0.2, 0.25) is 0 Å². The van der Waals surface area contributed by atoms with Crippen molar-refractivity contribution in [1.82, 2.24) is 4.90 Å². The smallest absolute Gasteiger partial charge is 0.294 e. The lowest BCUT2D eigenvalue weighted by atomic mass is 10.2. The van der Waals surface area contributed by atoms with E-state index in [-0.39, 0.29) is 29.4 Å². The third-order valence-electron chi connectivity index (χ3n) is 3.11. The number of benzene rings is 1. The highest BCUT2D eigenvalue weighted by Gasteiger charge is 2.30. The lowest BCUT2D eigenvalue weighted by molar-refractivity contribution is -0.137. The lowest BCUT2D eigenvalue weighted by Gasteiger charge is -2.14. The number of rotatable bonds is 5. The highest BCUT2D eigenvalue weighted by molar-refractivity contribution is 7.85. The first kappa shape index (κ1) is 16.1. The zero-order valence-corrected chi connectivity index (χ0v) is 12.4. The van der Waals surface area contributed by atoms with Crippen molar-refractivity contribution in [2.45, 2.75) is 11.8 Å². The first-order valence-electron chi connectivity index (χ1n) is 6.27. The summed E-state index contributed by atoms with van der Waals surface area (Å²) in [4.78, 5) is 24.2. The SMILES string of the molecule is Cc1ccc(S(=O)(=O)O)cc1NC1=CC(=O)N(CCO)C1=O. The average molecular weight is 326 g/mol. The molecule has 0 unspecified atom stereocenters. The number of carbonyl (C=O) groups is 2. The van der Waals surface area contributed by atoms with Gasteiger partial charge < -0.3 is 10.4 Å². The number of hydrogen-bond donors (Lipinski definition) is 3. The maximum Gasteiger partial charge on any atom is 0.294 e. The number of aryl methyl sites for hydroxylation is 1. The fourth-order valence-electron chi connectivity index (χ4n) is 1.95. The minimum absolute atomic E-state index is 0.0333. The molecule has 3 N–H and O–H groups in total. The molecule has 1 aromatic rings. The summed E-state index contributed by atoms with van der Waals surface area (Å²) < 4.78 is 31.3. The topological polar surface area (TPSA) is 124 Å². The molecule has 0 atom stereocenters. The Bertz CT molecular complexity index is 769. The van der Waals surface area contributed by atoms with Crippen molar-refractivity contribution in [3.8, 4) is 0 Å². The summed E-state index contributed by atoms with van der Waals surface area (Å²) in [6.45, 7) is 1.20. The standard InChI is InChI=1S/C13H14N2O6S/c1-8-2-3-9(22(19,20)21)6-10(8)14-11-7-12(17)15(4-5-16)13(11)18/h2-3,6-7,14,16H,4-5H2,1H3,(H,19,20,21). The monoisotopic (exact) mass is 326 g/mol. The summed E-state index contributed by atoms with van der Waals surface area (Å²) in [5, 5.41) is 11.5. The molecule has 1 aliphatic rings. The zero-order valence-electron chi connectivity index (χ0n) is 11.6. The quantitative estimate of drug-likeness (QED) is 0.510. The minimum atomic E-state index is -4.37. The largest absolute Gasteiger partial charge is 0.395 e. The minimum Gasteiger partial charge on any atom is -0.395 e. The molecule has 0 bridgehead atoms. The fraction of sp³-hybridized carbons (Fsp3) is 0.231. The summed E-state index contributed by atoms with van der Waals surface area (Å²) >= 11 is 0. The molecule has 22 heavy (non-hydrogen) atoms. The summed E-state index contributed by atoms with van der Waals surface area (Å²) in [6.07, 6.45) is 1.07. The van der Waals surface area contributed by atoms with E-state index in [9.17, 15) is 18.0 Å². The fourth-order valence-corrected chi connectivity index (χ4v) is 2.46. The van der Waals surface area contributed by atoms with E-state index >= 15 is 0 Å². The Morgan fingerprint density at radius 2 is 1.95 bits per heavy atom. The predicted octanol–water partition coefficient (Wildman–Crippen LogP) is -0.101. The average Bonchev–Trinajstić information content (AvgIpc) is 2.68. The number of hydrogen-bond acceptors (Lipinski definition) is 6. The van der Waals surface area contributed by atoms with Crippen molar-refractivity contribution in [2.24, 2.45) is 0 Å². The molecule has 0 spiro atoms. The van der Waals surface area contributed by atoms with Crippen LogP contribution in [-0.2, 0) is 19.7 Å². The second-order valence-electron chi connectivity index (χ2n) is 4.65. The number of carbonyl (C=O) groups excluding carboxylic acids is 2. The molecule has 0 aliphatic carbocycles. The Morgan fingerprint density at radius 3 is 2.55 bits per heavy atom. The molecule has 2 rings (SSSR count). The van der Waals surface area contributed by atoms with E-state index in [1.54, 1.807) is 6.92 Å². The van der Waals surface area contributed by atoms with Gasteiger partial charge in [0.05, 0.1) is 18.0 Å². The van der Waals surface area contributed by atoms with E-state index in [2.05, 4.69) is 5.32 Å². The van der Waals surface area contributed by atoms with Gasteiger partial charge in [0.2, 0.25) is 0 Å². The van der Waals surface area contributed by atoms with Crippen LogP contribution < -0.4 is 5.32 Å². The van der Waals surface area contributed by atoms with Crippen LogP contribution >= 0.6 is 0 Å². The number of nitrogens with zero attached hydrogens (tertiary/aromatic N) is 1. The van der Waals surface area contributed by atoms with Crippen molar-refractivity contribution in [3.05, 3.63) is 35.5 Å². The van der Waals surface area contributed by atoms with E-state index in [0.29, 0.717) is 5.56 Å². The van der Waals surface area contributed by atoms with Crippen LogP contribution in [0.3, 0.4) is 0 Å². The van der Waals surface area contributed by atoms with Gasteiger partial charge in [-0.2, -0.15) is 8.42 Å². The molecule has 0 fully saturated rings. The molecule has 0 aromatic heterocycles. The van der Waals surface area contributed by atoms with E-state index in [1.165, 1.54) is 12.1 Å². The van der Waals surface area contributed by atoms with Gasteiger partial charge in [-0.3, -0.25) is 19.0 Å². The molecule has 0 saturated heterocycles. The van der Waals surface area contributed by atoms with Gasteiger partial charge in [-0.1, -0.05) is 6.07 Å². The normalized spacial score (nSPS) is 15.2. The second-order valence-corrected chi connectivity index (χ2v) is 6.07. The number of aliphatic hydroxyl groups is 1. The van der Waals surface area contributed by atoms with Gasteiger partial charge in [0.15, 0.2) is 0 Å². The van der Waals surface area contributed by atoms with Crippen molar-refractivity contribution in [3.63, 3.8) is 0 Å². The van der Waals surface area contributed by atoms with Crippen LogP contribution in [0.5, 0.6) is 0 Å². The van der Waals surface area contributed by atoms with Gasteiger partial charge >= 0.3 is 0 Å². The molecule has 1 aromatic carbocycles. The first-order chi connectivity index (χ1) is 10.2. The van der Waals surface area contributed by atoms with E-state index < -0.39 is 21.9 Å². The van der Waals surface area contributed by atoms with Crippen LogP contribution in [0.1, 0.15) is 5.56 Å². The summed E-state index contributed by atoms with van der Waals surface area (Å²) in [5.74, 6) is -1.18. The van der Waals surface area contributed by atoms with E-state index in [1.807, 2.05) is 0 Å². The third kappa shape index (κ3) is 3.16. The van der Waals surface area contributed by atoms with Crippen molar-refractivity contribution in [1.29, 1.82) is 0 Å². The van der Waals surface area contributed by atoms with Gasteiger partial charge in [-0.15, -0.1) is 0 Å². The molecule has 9 heteroatoms. The lowest BCUT2D eigenvalue weighted by Crippen LogP contribution is -2.34. The zero-order chi connectivity index (χ0) is 16.5. The van der Waals surface area contributed by atoms with Gasteiger partial charge in [-0.05, 0) is 24.6 Å².